The molecule has 2 heteroatoms. The first-order chi connectivity index (χ1) is 8.02. The summed E-state index contributed by atoms with van der Waals surface area (Å²) in [6, 6.07) is 0.547. The first-order valence-electron chi connectivity index (χ1n) is 6.69. The van der Waals surface area contributed by atoms with Gasteiger partial charge < -0.3 is 5.32 Å². The lowest BCUT2D eigenvalue weighted by molar-refractivity contribution is 0.193. The minimum Gasteiger partial charge on any atom is -0.316 e. The molecule has 0 aliphatic heterocycles. The molecule has 0 heterocycles. The number of rotatable bonds is 10. The molecular formula is C15H30N2. The molecule has 0 spiro atoms. The van der Waals surface area contributed by atoms with E-state index in [0.29, 0.717) is 12.0 Å². The first-order valence-corrected chi connectivity index (χ1v) is 6.69. The molecule has 0 aliphatic carbocycles. The molecule has 2 unspecified atom stereocenters. The van der Waals surface area contributed by atoms with Crippen LogP contribution in [0.3, 0.4) is 0 Å². The van der Waals surface area contributed by atoms with Crippen LogP contribution in [0.15, 0.2) is 25.3 Å². The first kappa shape index (κ1) is 16.4. The lowest BCUT2D eigenvalue weighted by Crippen LogP contribution is -2.41. The Hall–Kier alpha value is -0.600. The molecule has 1 N–H and O–H groups in total. The van der Waals surface area contributed by atoms with Crippen molar-refractivity contribution in [1.29, 1.82) is 0 Å². The van der Waals surface area contributed by atoms with Crippen LogP contribution in [0, 0.1) is 11.8 Å². The maximum atomic E-state index is 3.82. The largest absolute Gasteiger partial charge is 0.316 e. The lowest BCUT2D eigenvalue weighted by atomic mass is 10.0. The highest BCUT2D eigenvalue weighted by molar-refractivity contribution is 4.85. The Bertz CT molecular complexity index is 201. The van der Waals surface area contributed by atoms with Crippen molar-refractivity contribution >= 4 is 0 Å². The number of hydrogen-bond acceptors (Lipinski definition) is 2. The maximum Gasteiger partial charge on any atom is 0.0166 e. The summed E-state index contributed by atoms with van der Waals surface area (Å²) in [7, 11) is 0. The normalized spacial score (nSPS) is 14.9. The van der Waals surface area contributed by atoms with Crippen molar-refractivity contribution < 1.29 is 0 Å². The van der Waals surface area contributed by atoms with Crippen molar-refractivity contribution in [3.05, 3.63) is 25.3 Å². The van der Waals surface area contributed by atoms with Gasteiger partial charge in [-0.25, -0.2) is 0 Å². The van der Waals surface area contributed by atoms with Crippen LogP contribution in [0.2, 0.25) is 0 Å². The van der Waals surface area contributed by atoms with E-state index in [2.05, 4.69) is 51.1 Å². The van der Waals surface area contributed by atoms with E-state index in [1.165, 1.54) is 0 Å². The number of nitrogens with zero attached hydrogens (tertiary/aromatic N) is 1. The molecule has 0 bridgehead atoms. The van der Waals surface area contributed by atoms with Crippen molar-refractivity contribution in [1.82, 2.24) is 10.2 Å². The minimum atomic E-state index is 0.547. The molecule has 100 valence electrons. The van der Waals surface area contributed by atoms with Crippen LogP contribution in [0.5, 0.6) is 0 Å². The summed E-state index contributed by atoms with van der Waals surface area (Å²) in [5.74, 6) is 1.35. The molecule has 0 aromatic heterocycles. The Morgan fingerprint density at radius 3 is 1.94 bits per heavy atom. The average molecular weight is 238 g/mol. The van der Waals surface area contributed by atoms with Crippen LogP contribution >= 0.6 is 0 Å². The van der Waals surface area contributed by atoms with Crippen LogP contribution in [-0.2, 0) is 0 Å². The molecule has 0 aromatic carbocycles. The van der Waals surface area contributed by atoms with Crippen LogP contribution in [0.1, 0.15) is 27.7 Å². The topological polar surface area (TPSA) is 15.3 Å². The third-order valence-electron chi connectivity index (χ3n) is 3.15. The van der Waals surface area contributed by atoms with E-state index in [4.69, 9.17) is 0 Å². The zero-order chi connectivity index (χ0) is 13.3. The molecular weight excluding hydrogens is 208 g/mol. The predicted octanol–water partition coefficient (Wildman–Crippen LogP) is 2.93. The fraction of sp³-hybridized carbons (Fsp3) is 0.733. The summed E-state index contributed by atoms with van der Waals surface area (Å²) < 4.78 is 0. The maximum absolute atomic E-state index is 3.82. The fourth-order valence-corrected chi connectivity index (χ4v) is 1.87. The van der Waals surface area contributed by atoms with E-state index < -0.39 is 0 Å². The molecule has 17 heavy (non-hydrogen) atoms. The van der Waals surface area contributed by atoms with Gasteiger partial charge in [0, 0.05) is 19.1 Å². The Morgan fingerprint density at radius 2 is 1.53 bits per heavy atom. The molecule has 0 radical (unpaired) electrons. The lowest BCUT2D eigenvalue weighted by Gasteiger charge is -2.31. The van der Waals surface area contributed by atoms with Crippen molar-refractivity contribution in [2.24, 2.45) is 11.8 Å². The van der Waals surface area contributed by atoms with E-state index >= 15 is 0 Å². The van der Waals surface area contributed by atoms with Crippen molar-refractivity contribution in [2.45, 2.75) is 33.7 Å². The van der Waals surface area contributed by atoms with Gasteiger partial charge in [-0.15, -0.1) is 13.2 Å². The summed E-state index contributed by atoms with van der Waals surface area (Å²) in [5, 5.41) is 3.53. The predicted molar refractivity (Wildman–Crippen MR) is 78.3 cm³/mol. The molecule has 2 atom stereocenters. The highest BCUT2D eigenvalue weighted by atomic mass is 15.1. The second-order valence-corrected chi connectivity index (χ2v) is 5.30. The van der Waals surface area contributed by atoms with Gasteiger partial charge in [-0.1, -0.05) is 32.9 Å². The van der Waals surface area contributed by atoms with Gasteiger partial charge in [0.25, 0.3) is 0 Å². The van der Waals surface area contributed by atoms with Crippen LogP contribution < -0.4 is 5.32 Å². The SMILES string of the molecule is C=CCN(CC=C)C(C)C(C)CNCC(C)C. The molecule has 0 saturated carbocycles. The van der Waals surface area contributed by atoms with Gasteiger partial charge in [0.05, 0.1) is 0 Å². The van der Waals surface area contributed by atoms with Gasteiger partial charge in [0.15, 0.2) is 0 Å². The molecule has 2 nitrogen and oxygen atoms in total. The van der Waals surface area contributed by atoms with Crippen molar-refractivity contribution in [2.75, 3.05) is 26.2 Å². The van der Waals surface area contributed by atoms with E-state index in [1.54, 1.807) is 0 Å². The molecule has 0 rings (SSSR count). The highest BCUT2D eigenvalue weighted by Gasteiger charge is 2.17. The van der Waals surface area contributed by atoms with Crippen molar-refractivity contribution in [3.8, 4) is 0 Å². The minimum absolute atomic E-state index is 0.547. The zero-order valence-electron chi connectivity index (χ0n) is 12.1. The second kappa shape index (κ2) is 9.43. The zero-order valence-corrected chi connectivity index (χ0v) is 12.1. The third kappa shape index (κ3) is 7.35. The van der Waals surface area contributed by atoms with Gasteiger partial charge in [-0.2, -0.15) is 0 Å². The molecule has 0 aliphatic rings. The quantitative estimate of drug-likeness (QED) is 0.589. The van der Waals surface area contributed by atoms with Gasteiger partial charge in [0.2, 0.25) is 0 Å². The monoisotopic (exact) mass is 238 g/mol. The summed E-state index contributed by atoms with van der Waals surface area (Å²) in [6.45, 7) is 20.7. The Balaban J connectivity index is 4.09. The Morgan fingerprint density at radius 1 is 1.00 bits per heavy atom. The van der Waals surface area contributed by atoms with Gasteiger partial charge in [-0.05, 0) is 31.8 Å². The van der Waals surface area contributed by atoms with Crippen LogP contribution in [0.25, 0.3) is 0 Å². The number of hydrogen-bond donors (Lipinski definition) is 1. The molecule has 0 fully saturated rings. The van der Waals surface area contributed by atoms with Gasteiger partial charge in [-0.3, -0.25) is 4.90 Å². The van der Waals surface area contributed by atoms with E-state index in [0.717, 1.165) is 32.1 Å². The Kier molecular flexibility index (Phi) is 9.10. The molecule has 0 aromatic rings. The summed E-state index contributed by atoms with van der Waals surface area (Å²) in [5.41, 5.74) is 0. The van der Waals surface area contributed by atoms with Crippen molar-refractivity contribution in [3.63, 3.8) is 0 Å². The number of nitrogens with one attached hydrogen (secondary N) is 1. The fourth-order valence-electron chi connectivity index (χ4n) is 1.87. The van der Waals surface area contributed by atoms with E-state index in [1.807, 2.05) is 12.2 Å². The summed E-state index contributed by atoms with van der Waals surface area (Å²) in [4.78, 5) is 2.40. The smallest absolute Gasteiger partial charge is 0.0166 e. The van der Waals surface area contributed by atoms with Gasteiger partial charge >= 0.3 is 0 Å². The highest BCUT2D eigenvalue weighted by Crippen LogP contribution is 2.10. The van der Waals surface area contributed by atoms with Gasteiger partial charge in [0.1, 0.15) is 0 Å². The second-order valence-electron chi connectivity index (χ2n) is 5.30. The van der Waals surface area contributed by atoms with Crippen LogP contribution in [0.4, 0.5) is 0 Å². The van der Waals surface area contributed by atoms with Crippen LogP contribution in [-0.4, -0.2) is 37.1 Å². The summed E-state index contributed by atoms with van der Waals surface area (Å²) in [6.07, 6.45) is 3.93. The van der Waals surface area contributed by atoms with E-state index in [9.17, 15) is 0 Å². The van der Waals surface area contributed by atoms with E-state index in [-0.39, 0.29) is 0 Å². The molecule has 0 amide bonds. The standard InChI is InChI=1S/C15H30N2/c1-7-9-17(10-8-2)15(6)14(5)12-16-11-13(3)4/h7-8,13-16H,1-2,9-12H2,3-6H3. The summed E-state index contributed by atoms with van der Waals surface area (Å²) >= 11 is 0. The third-order valence-corrected chi connectivity index (χ3v) is 3.15. The average Bonchev–Trinajstić information content (AvgIpc) is 2.27. The molecule has 0 saturated heterocycles. The Labute approximate surface area is 108 Å².